The molecule has 28 heavy (non-hydrogen) atoms. The molecule has 1 aliphatic heterocycles. The summed E-state index contributed by atoms with van der Waals surface area (Å²) in [6.45, 7) is 5.62. The van der Waals surface area contributed by atoms with E-state index in [1.54, 1.807) is 11.8 Å². The zero-order valence-corrected chi connectivity index (χ0v) is 15.9. The number of nitrogens with one attached hydrogen (secondary N) is 2. The van der Waals surface area contributed by atoms with Gasteiger partial charge in [-0.15, -0.1) is 0 Å². The van der Waals surface area contributed by atoms with Gasteiger partial charge in [0.05, 0.1) is 5.56 Å². The molecule has 0 radical (unpaired) electrons. The summed E-state index contributed by atoms with van der Waals surface area (Å²) in [6.07, 6.45) is -4.63. The van der Waals surface area contributed by atoms with Gasteiger partial charge < -0.3 is 15.5 Å². The summed E-state index contributed by atoms with van der Waals surface area (Å²) in [5, 5.41) is 5.87. The Morgan fingerprint density at radius 1 is 1.18 bits per heavy atom. The van der Waals surface area contributed by atoms with Gasteiger partial charge in [0.25, 0.3) is 0 Å². The number of nitrogens with zero attached hydrogens (tertiary/aromatic N) is 3. The molecule has 0 atom stereocenters. The Balaban J connectivity index is 1.81. The molecule has 0 aromatic heterocycles. The van der Waals surface area contributed by atoms with Crippen molar-refractivity contribution in [3.05, 3.63) is 35.1 Å². The van der Waals surface area contributed by atoms with Crippen molar-refractivity contribution in [1.82, 2.24) is 20.4 Å². The molecule has 2 rings (SSSR count). The van der Waals surface area contributed by atoms with E-state index in [2.05, 4.69) is 20.5 Å². The predicted molar refractivity (Wildman–Crippen MR) is 98.3 cm³/mol. The number of halogens is 4. The van der Waals surface area contributed by atoms with Crippen molar-refractivity contribution >= 4 is 11.9 Å². The molecular formula is C18H25F4N5O. The average molecular weight is 403 g/mol. The number of hydrogen-bond acceptors (Lipinski definition) is 3. The molecule has 0 aliphatic carbocycles. The quantitative estimate of drug-likeness (QED) is 0.446. The lowest BCUT2D eigenvalue weighted by molar-refractivity contribution is -0.138. The minimum absolute atomic E-state index is 0.0581. The number of hydrogen-bond donors (Lipinski definition) is 2. The Hall–Kier alpha value is -2.36. The Morgan fingerprint density at radius 2 is 1.86 bits per heavy atom. The van der Waals surface area contributed by atoms with E-state index in [1.807, 2.05) is 0 Å². The average Bonchev–Trinajstić information content (AvgIpc) is 2.65. The van der Waals surface area contributed by atoms with Crippen LogP contribution < -0.4 is 10.6 Å². The van der Waals surface area contributed by atoms with E-state index in [1.165, 1.54) is 7.05 Å². The predicted octanol–water partition coefficient (Wildman–Crippen LogP) is 1.67. The van der Waals surface area contributed by atoms with Gasteiger partial charge in [0, 0.05) is 59.8 Å². The third-order valence-electron chi connectivity index (χ3n) is 4.59. The van der Waals surface area contributed by atoms with E-state index in [0.29, 0.717) is 31.7 Å². The summed E-state index contributed by atoms with van der Waals surface area (Å²) in [6, 6.07) is 2.62. The van der Waals surface area contributed by atoms with Crippen LogP contribution in [0.5, 0.6) is 0 Å². The monoisotopic (exact) mass is 403 g/mol. The zero-order chi connectivity index (χ0) is 20.7. The van der Waals surface area contributed by atoms with E-state index in [4.69, 9.17) is 0 Å². The second-order valence-electron chi connectivity index (χ2n) is 6.50. The van der Waals surface area contributed by atoms with Crippen molar-refractivity contribution in [3.8, 4) is 0 Å². The van der Waals surface area contributed by atoms with E-state index in [-0.39, 0.29) is 18.0 Å². The van der Waals surface area contributed by atoms with Crippen molar-refractivity contribution in [3.63, 3.8) is 0 Å². The number of rotatable bonds is 5. The van der Waals surface area contributed by atoms with Crippen LogP contribution in [0.2, 0.25) is 0 Å². The van der Waals surface area contributed by atoms with Gasteiger partial charge in [-0.25, -0.2) is 4.39 Å². The molecule has 1 fully saturated rings. The minimum atomic E-state index is -4.63. The van der Waals surface area contributed by atoms with Crippen LogP contribution in [0, 0.1) is 5.82 Å². The SMILES string of the molecule is CN=C(NCCN1CCN(C(C)=O)CC1)NCc1ccc(F)cc1C(F)(F)F. The molecule has 0 saturated carbocycles. The van der Waals surface area contributed by atoms with Gasteiger partial charge in [-0.05, 0) is 17.7 Å². The molecule has 1 amide bonds. The molecule has 1 aromatic rings. The Labute approximate surface area is 161 Å². The first kappa shape index (κ1) is 21.9. The molecule has 1 saturated heterocycles. The standard InChI is InChI=1S/C18H25F4N5O/c1-13(28)27-9-7-26(8-10-27)6-5-24-17(23-2)25-12-14-3-4-15(19)11-16(14)18(20,21)22/h3-4,11H,5-10,12H2,1-2H3,(H2,23,24,25). The molecule has 1 heterocycles. The highest BCUT2D eigenvalue weighted by molar-refractivity contribution is 5.79. The van der Waals surface area contributed by atoms with Crippen molar-refractivity contribution < 1.29 is 22.4 Å². The summed E-state index contributed by atoms with van der Waals surface area (Å²) in [7, 11) is 1.52. The Kier molecular flexibility index (Phi) is 7.61. The molecule has 6 nitrogen and oxygen atoms in total. The first-order chi connectivity index (χ1) is 13.2. The topological polar surface area (TPSA) is 60.0 Å². The van der Waals surface area contributed by atoms with Crippen LogP contribution in [0.3, 0.4) is 0 Å². The molecule has 0 spiro atoms. The van der Waals surface area contributed by atoms with Crippen LogP contribution >= 0.6 is 0 Å². The van der Waals surface area contributed by atoms with Gasteiger partial charge in [0.2, 0.25) is 5.91 Å². The first-order valence-electron chi connectivity index (χ1n) is 8.98. The molecule has 0 bridgehead atoms. The fraction of sp³-hybridized carbons (Fsp3) is 0.556. The number of carbonyl (C=O) groups excluding carboxylic acids is 1. The Morgan fingerprint density at radius 3 is 2.43 bits per heavy atom. The smallest absolute Gasteiger partial charge is 0.355 e. The molecule has 10 heteroatoms. The number of carbonyl (C=O) groups is 1. The highest BCUT2D eigenvalue weighted by Gasteiger charge is 2.33. The largest absolute Gasteiger partial charge is 0.416 e. The highest BCUT2D eigenvalue weighted by atomic mass is 19.4. The fourth-order valence-electron chi connectivity index (χ4n) is 2.99. The van der Waals surface area contributed by atoms with Gasteiger partial charge in [-0.2, -0.15) is 13.2 Å². The maximum Gasteiger partial charge on any atom is 0.416 e. The number of piperazine rings is 1. The van der Waals surface area contributed by atoms with Crippen molar-refractivity contribution in [2.75, 3.05) is 46.3 Å². The second-order valence-corrected chi connectivity index (χ2v) is 6.50. The van der Waals surface area contributed by atoms with Crippen molar-refractivity contribution in [1.29, 1.82) is 0 Å². The van der Waals surface area contributed by atoms with E-state index in [9.17, 15) is 22.4 Å². The second kappa shape index (κ2) is 9.72. The maximum absolute atomic E-state index is 13.2. The van der Waals surface area contributed by atoms with Crippen LogP contribution in [0.25, 0.3) is 0 Å². The number of aliphatic imine (C=N–C) groups is 1. The third kappa shape index (κ3) is 6.36. The zero-order valence-electron chi connectivity index (χ0n) is 15.9. The molecular weight excluding hydrogens is 378 g/mol. The van der Waals surface area contributed by atoms with Crippen LogP contribution in [0.4, 0.5) is 17.6 Å². The molecule has 1 aromatic carbocycles. The highest BCUT2D eigenvalue weighted by Crippen LogP contribution is 2.32. The van der Waals surface area contributed by atoms with Crippen LogP contribution in [-0.4, -0.2) is 68.0 Å². The number of alkyl halides is 3. The van der Waals surface area contributed by atoms with E-state index in [0.717, 1.165) is 31.8 Å². The van der Waals surface area contributed by atoms with Crippen molar-refractivity contribution in [2.45, 2.75) is 19.6 Å². The summed E-state index contributed by atoms with van der Waals surface area (Å²) < 4.78 is 52.3. The number of amides is 1. The summed E-state index contributed by atoms with van der Waals surface area (Å²) in [5.74, 6) is -0.496. The number of guanidine groups is 1. The normalized spacial score (nSPS) is 16.2. The summed E-state index contributed by atoms with van der Waals surface area (Å²) in [5.41, 5.74) is -1.06. The van der Waals surface area contributed by atoms with Gasteiger partial charge in [0.15, 0.2) is 5.96 Å². The minimum Gasteiger partial charge on any atom is -0.355 e. The Bertz CT molecular complexity index is 700. The molecule has 2 N–H and O–H groups in total. The van der Waals surface area contributed by atoms with Crippen LogP contribution in [0.15, 0.2) is 23.2 Å². The fourth-order valence-corrected chi connectivity index (χ4v) is 2.99. The maximum atomic E-state index is 13.2. The summed E-state index contributed by atoms with van der Waals surface area (Å²) >= 11 is 0. The van der Waals surface area contributed by atoms with Crippen molar-refractivity contribution in [2.24, 2.45) is 4.99 Å². The summed E-state index contributed by atoms with van der Waals surface area (Å²) in [4.78, 5) is 19.3. The van der Waals surface area contributed by atoms with Gasteiger partial charge in [0.1, 0.15) is 5.82 Å². The van der Waals surface area contributed by atoms with Gasteiger partial charge >= 0.3 is 6.18 Å². The molecule has 1 aliphatic rings. The lowest BCUT2D eigenvalue weighted by Crippen LogP contribution is -2.50. The lowest BCUT2D eigenvalue weighted by atomic mass is 10.1. The van der Waals surface area contributed by atoms with E-state index >= 15 is 0 Å². The molecule has 0 unspecified atom stereocenters. The van der Waals surface area contributed by atoms with Gasteiger partial charge in [-0.1, -0.05) is 6.07 Å². The number of benzene rings is 1. The van der Waals surface area contributed by atoms with Crippen LogP contribution in [0.1, 0.15) is 18.1 Å². The van der Waals surface area contributed by atoms with Gasteiger partial charge in [-0.3, -0.25) is 14.7 Å². The lowest BCUT2D eigenvalue weighted by Gasteiger charge is -2.34. The van der Waals surface area contributed by atoms with Crippen LogP contribution in [-0.2, 0) is 17.5 Å². The first-order valence-corrected chi connectivity index (χ1v) is 8.98. The van der Waals surface area contributed by atoms with E-state index < -0.39 is 17.6 Å². The molecule has 156 valence electrons. The third-order valence-corrected chi connectivity index (χ3v) is 4.59.